The van der Waals surface area contributed by atoms with Crippen LogP contribution >= 0.6 is 55.1 Å². The molecule has 0 bridgehead atoms. The summed E-state index contributed by atoms with van der Waals surface area (Å²) in [5.74, 6) is 0.456. The zero-order chi connectivity index (χ0) is 10.7. The molecule has 0 aliphatic carbocycles. The Morgan fingerprint density at radius 2 is 1.79 bits per heavy atom. The third-order valence-electron chi connectivity index (χ3n) is 1.40. The highest BCUT2D eigenvalue weighted by Crippen LogP contribution is 2.36. The first-order chi connectivity index (χ1) is 6.54. The van der Waals surface area contributed by atoms with Gasteiger partial charge in [0.25, 0.3) is 0 Å². The normalized spacial score (nSPS) is 9.79. The molecule has 0 aliphatic heterocycles. The minimum Gasteiger partial charge on any atom is -0.494 e. The summed E-state index contributed by atoms with van der Waals surface area (Å²) in [5.41, 5.74) is 0.643. The van der Waals surface area contributed by atoms with E-state index in [1.165, 1.54) is 7.11 Å². The Labute approximate surface area is 109 Å². The predicted molar refractivity (Wildman–Crippen MR) is 68.0 cm³/mol. The average Bonchev–Trinajstić information content (AvgIpc) is 2.01. The summed E-state index contributed by atoms with van der Waals surface area (Å²) in [5, 5.41) is 0.861. The van der Waals surface area contributed by atoms with Gasteiger partial charge in [-0.1, -0.05) is 23.2 Å². The van der Waals surface area contributed by atoms with Gasteiger partial charge in [-0.15, -0.1) is 0 Å². The third kappa shape index (κ3) is 3.12. The Kier molecular flexibility index (Phi) is 4.70. The van der Waals surface area contributed by atoms with Crippen LogP contribution in [0.15, 0.2) is 17.1 Å². The molecule has 0 radical (unpaired) electrons. The molecular formula is C8H5Br2Cl2NO. The molecule has 0 saturated carbocycles. The van der Waals surface area contributed by atoms with Crippen LogP contribution in [0.25, 0.3) is 0 Å². The van der Waals surface area contributed by atoms with Gasteiger partial charge in [0.1, 0.15) is 3.53 Å². The monoisotopic (exact) mass is 359 g/mol. The topological polar surface area (TPSA) is 21.6 Å². The second-order valence-electron chi connectivity index (χ2n) is 2.29. The minimum absolute atomic E-state index is 0.431. The van der Waals surface area contributed by atoms with E-state index in [0.29, 0.717) is 25.0 Å². The Bertz CT molecular complexity index is 355. The van der Waals surface area contributed by atoms with Crippen LogP contribution in [0.3, 0.4) is 0 Å². The summed E-state index contributed by atoms with van der Waals surface area (Å²) in [6.07, 6.45) is 0. The van der Waals surface area contributed by atoms with Gasteiger partial charge in [0.05, 0.1) is 22.8 Å². The van der Waals surface area contributed by atoms with E-state index in [1.54, 1.807) is 12.1 Å². The molecule has 0 heterocycles. The van der Waals surface area contributed by atoms with Crippen LogP contribution in [0.2, 0.25) is 10.0 Å². The van der Waals surface area contributed by atoms with Crippen LogP contribution in [-0.4, -0.2) is 10.6 Å². The first-order valence-electron chi connectivity index (χ1n) is 3.47. The van der Waals surface area contributed by atoms with Crippen molar-refractivity contribution in [2.24, 2.45) is 4.99 Å². The number of halogens is 4. The van der Waals surface area contributed by atoms with Crippen molar-refractivity contribution in [2.45, 2.75) is 0 Å². The van der Waals surface area contributed by atoms with Crippen LogP contribution in [0.4, 0.5) is 5.69 Å². The highest BCUT2D eigenvalue weighted by atomic mass is 79.9. The molecule has 0 aliphatic rings. The number of ether oxygens (including phenoxy) is 1. The zero-order valence-electron chi connectivity index (χ0n) is 7.02. The van der Waals surface area contributed by atoms with Crippen LogP contribution in [0.1, 0.15) is 0 Å². The number of hydrogen-bond donors (Lipinski definition) is 0. The van der Waals surface area contributed by atoms with E-state index in [9.17, 15) is 0 Å². The van der Waals surface area contributed by atoms with E-state index in [0.717, 1.165) is 0 Å². The van der Waals surface area contributed by atoms with Crippen molar-refractivity contribution in [1.82, 2.24) is 0 Å². The van der Waals surface area contributed by atoms with Gasteiger partial charge in [0.2, 0.25) is 0 Å². The SMILES string of the molecule is COc1c(Cl)cc(N=C(Br)Br)cc1Cl. The number of methoxy groups -OCH3 is 1. The van der Waals surface area contributed by atoms with Gasteiger partial charge >= 0.3 is 0 Å². The van der Waals surface area contributed by atoms with Gasteiger partial charge in [-0.25, -0.2) is 4.99 Å². The molecular weight excluding hydrogens is 357 g/mol. The Balaban J connectivity index is 3.21. The van der Waals surface area contributed by atoms with E-state index in [-0.39, 0.29) is 0 Å². The number of nitrogens with zero attached hydrogens (tertiary/aromatic N) is 1. The summed E-state index contributed by atoms with van der Waals surface area (Å²) >= 11 is 18.1. The molecule has 76 valence electrons. The lowest BCUT2D eigenvalue weighted by Gasteiger charge is -2.05. The fourth-order valence-corrected chi connectivity index (χ4v) is 1.94. The maximum absolute atomic E-state index is 5.91. The molecule has 0 atom stereocenters. The second kappa shape index (κ2) is 5.35. The molecule has 1 rings (SSSR count). The molecule has 1 aromatic carbocycles. The van der Waals surface area contributed by atoms with Gasteiger partial charge < -0.3 is 4.74 Å². The van der Waals surface area contributed by atoms with Gasteiger partial charge in [0.15, 0.2) is 5.75 Å². The van der Waals surface area contributed by atoms with Crippen molar-refractivity contribution in [2.75, 3.05) is 7.11 Å². The Morgan fingerprint density at radius 1 is 1.29 bits per heavy atom. The van der Waals surface area contributed by atoms with Crippen molar-refractivity contribution in [1.29, 1.82) is 0 Å². The first kappa shape index (κ1) is 12.3. The zero-order valence-corrected chi connectivity index (χ0v) is 11.7. The third-order valence-corrected chi connectivity index (χ3v) is 2.32. The Morgan fingerprint density at radius 3 is 2.14 bits per heavy atom. The van der Waals surface area contributed by atoms with E-state index in [4.69, 9.17) is 27.9 Å². The van der Waals surface area contributed by atoms with Crippen molar-refractivity contribution >= 4 is 64.3 Å². The lowest BCUT2D eigenvalue weighted by atomic mass is 10.3. The number of aliphatic imine (C=N–C) groups is 1. The Hall–Kier alpha value is 0.230. The van der Waals surface area contributed by atoms with Gasteiger partial charge in [-0.3, -0.25) is 0 Å². The fraction of sp³-hybridized carbons (Fsp3) is 0.125. The van der Waals surface area contributed by atoms with Gasteiger partial charge in [-0.2, -0.15) is 0 Å². The first-order valence-corrected chi connectivity index (χ1v) is 5.81. The van der Waals surface area contributed by atoms with E-state index < -0.39 is 0 Å². The smallest absolute Gasteiger partial charge is 0.156 e. The number of hydrogen-bond acceptors (Lipinski definition) is 2. The largest absolute Gasteiger partial charge is 0.494 e. The van der Waals surface area contributed by atoms with Crippen molar-refractivity contribution in [3.05, 3.63) is 22.2 Å². The number of benzene rings is 1. The lowest BCUT2D eigenvalue weighted by Crippen LogP contribution is -1.85. The predicted octanol–water partition coefficient (Wildman–Crippen LogP) is 4.78. The van der Waals surface area contributed by atoms with Gasteiger partial charge in [0, 0.05) is 0 Å². The van der Waals surface area contributed by atoms with Crippen LogP contribution < -0.4 is 4.74 Å². The molecule has 0 aromatic heterocycles. The van der Waals surface area contributed by atoms with E-state index in [2.05, 4.69) is 36.9 Å². The van der Waals surface area contributed by atoms with Gasteiger partial charge in [-0.05, 0) is 44.0 Å². The van der Waals surface area contributed by atoms with E-state index >= 15 is 0 Å². The second-order valence-corrected chi connectivity index (χ2v) is 5.68. The summed E-state index contributed by atoms with van der Waals surface area (Å²) in [6, 6.07) is 3.32. The molecule has 1 aromatic rings. The highest BCUT2D eigenvalue weighted by Gasteiger charge is 2.07. The number of rotatable bonds is 2. The van der Waals surface area contributed by atoms with E-state index in [1.807, 2.05) is 0 Å². The van der Waals surface area contributed by atoms with Crippen LogP contribution in [-0.2, 0) is 0 Å². The summed E-state index contributed by atoms with van der Waals surface area (Å²) in [7, 11) is 1.51. The van der Waals surface area contributed by atoms with Crippen molar-refractivity contribution < 1.29 is 4.74 Å². The summed E-state index contributed by atoms with van der Waals surface area (Å²) in [6.45, 7) is 0. The van der Waals surface area contributed by atoms with Crippen LogP contribution in [0.5, 0.6) is 5.75 Å². The molecule has 0 saturated heterocycles. The lowest BCUT2D eigenvalue weighted by molar-refractivity contribution is 0.415. The minimum atomic E-state index is 0.431. The summed E-state index contributed by atoms with van der Waals surface area (Å²) < 4.78 is 5.57. The van der Waals surface area contributed by atoms with Crippen molar-refractivity contribution in [3.63, 3.8) is 0 Å². The standard InChI is InChI=1S/C8H5Br2Cl2NO/c1-14-7-5(11)2-4(3-6(7)12)13-8(9)10/h2-3H,1H3. The van der Waals surface area contributed by atoms with Crippen molar-refractivity contribution in [3.8, 4) is 5.75 Å². The molecule has 0 unspecified atom stereocenters. The molecule has 0 fully saturated rings. The molecule has 6 heteroatoms. The molecule has 0 spiro atoms. The fourth-order valence-electron chi connectivity index (χ4n) is 0.904. The molecule has 14 heavy (non-hydrogen) atoms. The molecule has 2 nitrogen and oxygen atoms in total. The average molecular weight is 362 g/mol. The maximum atomic E-state index is 5.91. The summed E-state index contributed by atoms with van der Waals surface area (Å²) in [4.78, 5) is 4.08. The molecule has 0 amide bonds. The van der Waals surface area contributed by atoms with Crippen LogP contribution in [0, 0.1) is 0 Å². The highest BCUT2D eigenvalue weighted by molar-refractivity contribution is 9.39. The maximum Gasteiger partial charge on any atom is 0.156 e. The molecule has 0 N–H and O–H groups in total. The quantitative estimate of drug-likeness (QED) is 0.695.